The summed E-state index contributed by atoms with van der Waals surface area (Å²) in [5.41, 5.74) is 19.5. The van der Waals surface area contributed by atoms with Crippen molar-refractivity contribution in [3.05, 3.63) is 144 Å². The first-order valence-electron chi connectivity index (χ1n) is 15.9. The minimum Gasteiger partial charge on any atom is -0.0622 e. The highest BCUT2D eigenvalue weighted by atomic mass is 14.5. The Hall–Kier alpha value is -4.94. The second kappa shape index (κ2) is 7.96. The molecule has 0 aliphatic heterocycles. The van der Waals surface area contributed by atoms with E-state index in [-0.39, 0.29) is 10.8 Å². The Labute approximate surface area is 258 Å². The fourth-order valence-corrected chi connectivity index (χ4v) is 9.18. The van der Waals surface area contributed by atoms with Gasteiger partial charge in [0.2, 0.25) is 0 Å². The molecule has 0 aromatic heterocycles. The van der Waals surface area contributed by atoms with E-state index in [4.69, 9.17) is 0 Å². The highest BCUT2D eigenvalue weighted by molar-refractivity contribution is 6.30. The zero-order chi connectivity index (χ0) is 29.5. The van der Waals surface area contributed by atoms with Gasteiger partial charge >= 0.3 is 0 Å². The van der Waals surface area contributed by atoms with Crippen molar-refractivity contribution in [3.8, 4) is 55.6 Å². The van der Waals surface area contributed by atoms with E-state index in [2.05, 4.69) is 149 Å². The van der Waals surface area contributed by atoms with Gasteiger partial charge in [-0.15, -0.1) is 0 Å². The first-order valence-corrected chi connectivity index (χ1v) is 15.9. The van der Waals surface area contributed by atoms with Crippen LogP contribution in [0.5, 0.6) is 0 Å². The van der Waals surface area contributed by atoms with Gasteiger partial charge in [0.1, 0.15) is 0 Å². The zero-order valence-corrected chi connectivity index (χ0v) is 25.5. The van der Waals surface area contributed by atoms with Gasteiger partial charge < -0.3 is 0 Å². The van der Waals surface area contributed by atoms with E-state index in [1.807, 2.05) is 0 Å². The molecule has 0 fully saturated rings. The maximum Gasteiger partial charge on any atom is 0.0159 e. The van der Waals surface area contributed by atoms with Gasteiger partial charge in [-0.1, -0.05) is 143 Å². The Morgan fingerprint density at radius 2 is 0.864 bits per heavy atom. The van der Waals surface area contributed by atoms with Crippen LogP contribution in [0.3, 0.4) is 0 Å². The first kappa shape index (κ1) is 24.5. The number of benzene rings is 7. The van der Waals surface area contributed by atoms with Gasteiger partial charge in [-0.05, 0) is 105 Å². The molecule has 0 saturated carbocycles. The van der Waals surface area contributed by atoms with Crippen molar-refractivity contribution in [2.75, 3.05) is 0 Å². The van der Waals surface area contributed by atoms with E-state index < -0.39 is 0 Å². The Bertz CT molecular complexity index is 2400. The summed E-state index contributed by atoms with van der Waals surface area (Å²) in [5, 5.41) is 5.54. The van der Waals surface area contributed by atoms with Crippen molar-refractivity contribution in [3.63, 3.8) is 0 Å². The lowest BCUT2D eigenvalue weighted by atomic mass is 9.68. The quantitative estimate of drug-likeness (QED) is 0.197. The average molecular weight is 561 g/mol. The molecule has 44 heavy (non-hydrogen) atoms. The van der Waals surface area contributed by atoms with Crippen molar-refractivity contribution in [2.24, 2.45) is 0 Å². The molecule has 3 aliphatic carbocycles. The smallest absolute Gasteiger partial charge is 0.0159 e. The molecule has 0 heteroatoms. The van der Waals surface area contributed by atoms with E-state index in [9.17, 15) is 0 Å². The van der Waals surface area contributed by atoms with Gasteiger partial charge in [0.25, 0.3) is 0 Å². The first-order chi connectivity index (χ1) is 21.4. The molecule has 0 bridgehead atoms. The molecule has 0 unspecified atom stereocenters. The maximum atomic E-state index is 2.59. The van der Waals surface area contributed by atoms with Crippen LogP contribution in [-0.4, -0.2) is 0 Å². The third kappa shape index (κ3) is 2.72. The molecule has 0 radical (unpaired) electrons. The summed E-state index contributed by atoms with van der Waals surface area (Å²) in [6, 6.07) is 45.8. The van der Waals surface area contributed by atoms with Crippen LogP contribution < -0.4 is 0 Å². The van der Waals surface area contributed by atoms with Gasteiger partial charge in [0, 0.05) is 10.8 Å². The molecule has 0 atom stereocenters. The standard InChI is InChI=1S/C44H32/c1-43(2)31-20-13-21-32-40(31)42-34(44(32,3)4)24-30-37-29(22-23-33(43)41(37)42)38-35(25-14-7-5-8-15-25)27-18-11-12-19-28(27)36(39(30)38)26-16-9-6-10-17-26/h5-24H,1-4H3. The number of hydrogen-bond donors (Lipinski definition) is 0. The van der Waals surface area contributed by atoms with E-state index in [0.29, 0.717) is 0 Å². The maximum absolute atomic E-state index is 2.59. The Kier molecular flexibility index (Phi) is 4.43. The molecule has 0 nitrogen and oxygen atoms in total. The Morgan fingerprint density at radius 1 is 0.341 bits per heavy atom. The molecule has 10 rings (SSSR count). The van der Waals surface area contributed by atoms with Gasteiger partial charge in [-0.2, -0.15) is 0 Å². The molecule has 0 heterocycles. The molecule has 0 saturated heterocycles. The molecule has 7 aromatic rings. The zero-order valence-electron chi connectivity index (χ0n) is 25.5. The molecular weight excluding hydrogens is 528 g/mol. The Morgan fingerprint density at radius 3 is 1.45 bits per heavy atom. The molecule has 3 aliphatic rings. The highest BCUT2D eigenvalue weighted by Gasteiger charge is 2.46. The molecule has 0 N–H and O–H groups in total. The highest BCUT2D eigenvalue weighted by Crippen LogP contribution is 2.65. The van der Waals surface area contributed by atoms with Crippen LogP contribution in [0.4, 0.5) is 0 Å². The van der Waals surface area contributed by atoms with E-state index in [1.54, 1.807) is 0 Å². The Balaban J connectivity index is 1.48. The summed E-state index contributed by atoms with van der Waals surface area (Å²) in [5.74, 6) is 0. The molecule has 208 valence electrons. The van der Waals surface area contributed by atoms with Crippen LogP contribution in [0.2, 0.25) is 0 Å². The molecule has 0 spiro atoms. The SMILES string of the molecule is CC1(C)c2cccc3c2-c2c1cc1c4c(ccc(c24)C3(C)C)-c2c-1c(-c1ccccc1)c1ccccc1c2-c1ccccc1. The van der Waals surface area contributed by atoms with Gasteiger partial charge in [-0.3, -0.25) is 0 Å². The van der Waals surface area contributed by atoms with Crippen molar-refractivity contribution in [1.82, 2.24) is 0 Å². The van der Waals surface area contributed by atoms with Crippen molar-refractivity contribution in [2.45, 2.75) is 38.5 Å². The van der Waals surface area contributed by atoms with E-state index in [0.717, 1.165) is 0 Å². The van der Waals surface area contributed by atoms with Crippen molar-refractivity contribution in [1.29, 1.82) is 0 Å². The van der Waals surface area contributed by atoms with Crippen LogP contribution in [0.25, 0.3) is 77.2 Å². The lowest BCUT2D eigenvalue weighted by Crippen LogP contribution is -2.23. The fraction of sp³-hybridized carbons (Fsp3) is 0.136. The van der Waals surface area contributed by atoms with E-state index >= 15 is 0 Å². The second-order valence-corrected chi connectivity index (χ2v) is 14.0. The molecule has 0 amide bonds. The predicted octanol–water partition coefficient (Wildman–Crippen LogP) is 11.9. The third-order valence-corrected chi connectivity index (χ3v) is 11.2. The van der Waals surface area contributed by atoms with Crippen molar-refractivity contribution < 1.29 is 0 Å². The van der Waals surface area contributed by atoms with Crippen LogP contribution >= 0.6 is 0 Å². The minimum atomic E-state index is -0.0861. The lowest BCUT2D eigenvalue weighted by Gasteiger charge is -2.35. The second-order valence-electron chi connectivity index (χ2n) is 14.0. The van der Waals surface area contributed by atoms with Crippen LogP contribution in [0.1, 0.15) is 49.9 Å². The van der Waals surface area contributed by atoms with Crippen LogP contribution in [0.15, 0.2) is 121 Å². The van der Waals surface area contributed by atoms with Gasteiger partial charge in [-0.25, -0.2) is 0 Å². The third-order valence-electron chi connectivity index (χ3n) is 11.2. The number of rotatable bonds is 2. The van der Waals surface area contributed by atoms with Gasteiger partial charge in [0.15, 0.2) is 0 Å². The number of fused-ring (bicyclic) bond motifs is 4. The average Bonchev–Trinajstić information content (AvgIpc) is 3.50. The summed E-state index contributed by atoms with van der Waals surface area (Å²) >= 11 is 0. The summed E-state index contributed by atoms with van der Waals surface area (Å²) in [4.78, 5) is 0. The van der Waals surface area contributed by atoms with Gasteiger partial charge in [0.05, 0.1) is 0 Å². The number of hydrogen-bond acceptors (Lipinski definition) is 0. The summed E-state index contributed by atoms with van der Waals surface area (Å²) < 4.78 is 0. The normalized spacial score (nSPS) is 15.6. The van der Waals surface area contributed by atoms with Crippen LogP contribution in [-0.2, 0) is 10.8 Å². The lowest BCUT2D eigenvalue weighted by molar-refractivity contribution is 0.639. The fourth-order valence-electron chi connectivity index (χ4n) is 9.18. The largest absolute Gasteiger partial charge is 0.0622 e. The topological polar surface area (TPSA) is 0 Å². The van der Waals surface area contributed by atoms with Crippen molar-refractivity contribution >= 4 is 21.5 Å². The summed E-state index contributed by atoms with van der Waals surface area (Å²) in [6.45, 7) is 9.74. The minimum absolute atomic E-state index is 0.0756. The summed E-state index contributed by atoms with van der Waals surface area (Å²) in [7, 11) is 0. The molecular formula is C44H32. The summed E-state index contributed by atoms with van der Waals surface area (Å²) in [6.07, 6.45) is 0. The van der Waals surface area contributed by atoms with E-state index in [1.165, 1.54) is 99.4 Å². The molecule has 7 aromatic carbocycles. The van der Waals surface area contributed by atoms with Crippen LogP contribution in [0, 0.1) is 0 Å². The predicted molar refractivity (Wildman–Crippen MR) is 186 cm³/mol. The monoisotopic (exact) mass is 560 g/mol.